The first-order valence-corrected chi connectivity index (χ1v) is 48.7. The molecule has 25 aromatic rings. The molecular weight excluding hydrogens is 1710 g/mol. The summed E-state index contributed by atoms with van der Waals surface area (Å²) >= 11 is 0. The van der Waals surface area contributed by atoms with Crippen molar-refractivity contribution >= 4 is 133 Å². The summed E-state index contributed by atoms with van der Waals surface area (Å²) in [4.78, 5) is 9.28. The molecule has 0 atom stereocenters. The molecular formula is C138H96N4. The number of fused-ring (bicyclic) bond motifs is 6. The lowest BCUT2D eigenvalue weighted by molar-refractivity contribution is 1.28. The number of nitrogens with zero attached hydrogens (tertiary/aromatic N) is 4. The monoisotopic (exact) mass is 1810 g/mol. The molecule has 0 unspecified atom stereocenters. The molecule has 4 nitrogen and oxygen atoms in total. The van der Waals surface area contributed by atoms with Crippen molar-refractivity contribution in [2.75, 3.05) is 19.6 Å². The van der Waals surface area contributed by atoms with Crippen LogP contribution in [-0.2, 0) is 0 Å². The molecule has 0 aromatic heterocycles. The van der Waals surface area contributed by atoms with E-state index in [1.54, 1.807) is 0 Å². The van der Waals surface area contributed by atoms with E-state index in [1.807, 2.05) is 0 Å². The number of hydrogen-bond acceptors (Lipinski definition) is 4. The Labute approximate surface area is 829 Å². The average Bonchev–Trinajstić information content (AvgIpc) is 0.735. The van der Waals surface area contributed by atoms with Crippen LogP contribution in [0.15, 0.2) is 582 Å². The van der Waals surface area contributed by atoms with Crippen LogP contribution in [0.2, 0.25) is 0 Å². The fourth-order valence-electron chi connectivity index (χ4n) is 20.9. The predicted molar refractivity (Wildman–Crippen MR) is 606 cm³/mol. The maximum absolute atomic E-state index is 2.34. The van der Waals surface area contributed by atoms with Crippen LogP contribution in [-0.4, -0.2) is 0 Å². The highest BCUT2D eigenvalue weighted by molar-refractivity contribution is 6.23. The van der Waals surface area contributed by atoms with E-state index < -0.39 is 0 Å². The van der Waals surface area contributed by atoms with Gasteiger partial charge in [-0.05, 0) is 316 Å². The van der Waals surface area contributed by atoms with Crippen LogP contribution in [0.5, 0.6) is 0 Å². The number of benzene rings is 25. The second-order valence-corrected chi connectivity index (χ2v) is 36.1. The molecule has 0 aliphatic rings. The molecule has 0 radical (unpaired) electrons. The van der Waals surface area contributed by atoms with Crippen molar-refractivity contribution in [2.24, 2.45) is 0 Å². The number of rotatable bonds is 21. The normalized spacial score (nSPS) is 11.2. The molecule has 668 valence electrons. The molecule has 0 amide bonds. The summed E-state index contributed by atoms with van der Waals surface area (Å²) < 4.78 is 0. The van der Waals surface area contributed by atoms with Crippen molar-refractivity contribution in [3.63, 3.8) is 0 Å². The number of anilines is 12. The zero-order chi connectivity index (χ0) is 94.4. The van der Waals surface area contributed by atoms with Crippen LogP contribution >= 0.6 is 0 Å². The number of hydrogen-bond donors (Lipinski definition) is 0. The Morgan fingerprint density at radius 2 is 0.261 bits per heavy atom. The second-order valence-electron chi connectivity index (χ2n) is 36.1. The van der Waals surface area contributed by atoms with Gasteiger partial charge in [0.15, 0.2) is 0 Å². The minimum absolute atomic E-state index is 1.09. The fraction of sp³-hybridized carbons (Fsp3) is 0. The third-order valence-corrected chi connectivity index (χ3v) is 27.7. The Bertz CT molecular complexity index is 8580. The van der Waals surface area contributed by atoms with Crippen LogP contribution in [0.4, 0.5) is 68.2 Å². The zero-order valence-electron chi connectivity index (χ0n) is 78.2. The predicted octanol–water partition coefficient (Wildman–Crippen LogP) is 39.2. The second kappa shape index (κ2) is 38.8. The van der Waals surface area contributed by atoms with Crippen LogP contribution in [0.3, 0.4) is 0 Å². The van der Waals surface area contributed by atoms with Gasteiger partial charge >= 0.3 is 0 Å². The van der Waals surface area contributed by atoms with Gasteiger partial charge in [0, 0.05) is 68.2 Å². The van der Waals surface area contributed by atoms with Crippen molar-refractivity contribution in [1.82, 2.24) is 0 Å². The van der Waals surface area contributed by atoms with Crippen molar-refractivity contribution < 1.29 is 0 Å². The quantitative estimate of drug-likeness (QED) is 0.0665. The van der Waals surface area contributed by atoms with E-state index in [1.165, 1.54) is 154 Å². The van der Waals surface area contributed by atoms with Gasteiger partial charge in [-0.15, -0.1) is 0 Å². The van der Waals surface area contributed by atoms with Crippen LogP contribution < -0.4 is 19.6 Å². The summed E-state index contributed by atoms with van der Waals surface area (Å²) in [5.74, 6) is 0. The minimum Gasteiger partial charge on any atom is -0.311 e. The van der Waals surface area contributed by atoms with E-state index >= 15 is 0 Å². The van der Waals surface area contributed by atoms with E-state index in [2.05, 4.69) is 602 Å². The van der Waals surface area contributed by atoms with Gasteiger partial charge in [0.05, 0.1) is 0 Å². The summed E-state index contributed by atoms with van der Waals surface area (Å²) in [6.07, 6.45) is 0. The molecule has 25 rings (SSSR count). The van der Waals surface area contributed by atoms with Crippen molar-refractivity contribution in [2.45, 2.75) is 0 Å². The lowest BCUT2D eigenvalue weighted by Gasteiger charge is -2.26. The van der Waals surface area contributed by atoms with Crippen LogP contribution in [0.25, 0.3) is 165 Å². The number of para-hydroxylation sites is 6. The van der Waals surface area contributed by atoms with Crippen LogP contribution in [0, 0.1) is 0 Å². The van der Waals surface area contributed by atoms with Gasteiger partial charge in [-0.1, -0.05) is 431 Å². The first kappa shape index (κ1) is 86.1. The summed E-state index contributed by atoms with van der Waals surface area (Å²) in [7, 11) is 0. The van der Waals surface area contributed by atoms with Gasteiger partial charge < -0.3 is 19.6 Å². The Morgan fingerprint density at radius 3 is 0.521 bits per heavy atom. The lowest BCUT2D eigenvalue weighted by atomic mass is 9.85. The van der Waals surface area contributed by atoms with Gasteiger partial charge in [0.25, 0.3) is 0 Å². The Balaban J connectivity index is 0.000000154. The summed E-state index contributed by atoms with van der Waals surface area (Å²) in [5, 5.41) is 15.0. The fourth-order valence-corrected chi connectivity index (χ4v) is 20.9. The van der Waals surface area contributed by atoms with Gasteiger partial charge in [-0.25, -0.2) is 0 Å². The summed E-state index contributed by atoms with van der Waals surface area (Å²) in [5.41, 5.74) is 35.1. The molecule has 0 N–H and O–H groups in total. The highest BCUT2D eigenvalue weighted by Gasteiger charge is 2.24. The molecule has 0 bridgehead atoms. The molecule has 0 heterocycles. The lowest BCUT2D eigenvalue weighted by Crippen LogP contribution is -2.09. The van der Waals surface area contributed by atoms with Crippen LogP contribution in [0.1, 0.15) is 0 Å². The Kier molecular flexibility index (Phi) is 23.5. The highest BCUT2D eigenvalue weighted by Crippen LogP contribution is 2.50. The third kappa shape index (κ3) is 17.1. The van der Waals surface area contributed by atoms with Gasteiger partial charge in [0.1, 0.15) is 0 Å². The molecule has 0 fully saturated rings. The Morgan fingerprint density at radius 1 is 0.0915 bits per heavy atom. The minimum atomic E-state index is 1.09. The van der Waals surface area contributed by atoms with Gasteiger partial charge in [0.2, 0.25) is 0 Å². The van der Waals surface area contributed by atoms with E-state index in [9.17, 15) is 0 Å². The molecule has 25 aromatic carbocycles. The van der Waals surface area contributed by atoms with E-state index in [4.69, 9.17) is 0 Å². The molecule has 0 spiro atoms. The first-order chi connectivity index (χ1) is 70.4. The standard InChI is InChI=1S/C72H50N2.C66H46N2/c1-4-19-59(20-5-1)73(60-21-6-2-7-22-60)62-45-39-53(40-46-62)54-41-47-63(48-42-54)74(61-23-8-3-9-24-61)64-49-43-58(44-50-64)72-69-28-14-12-26-67(69)71(68-27-13-15-29-70(68)72)57-37-33-52(34-38-57)51-31-35-56(36-32-51)66-30-16-18-55-17-10-11-25-65(55)66;1-4-18-55(19-5-1)67(56-20-6-2-7-21-56)58-40-34-48(35-41-58)49-36-42-59(43-37-49)68(57-22-8-3-9-23-57)60-44-38-52(39-45-60)66-63-26-14-12-24-61(63)65(62-25-13-15-27-64(62)66)51-31-28-50(29-32-51)54-33-30-47-16-10-11-17-53(47)46-54/h1-50H;1-46H. The molecule has 0 aliphatic heterocycles. The SMILES string of the molecule is c1ccc(N(c2ccccc2)c2ccc(-c3ccc(N(c4ccccc4)c4ccc(-c5c6ccccc6c(-c6ccc(-c7ccc(-c8cccc9ccccc89)cc7)cc6)c6ccccc56)cc4)cc3)cc2)cc1.c1ccc(N(c2ccccc2)c2ccc(-c3ccc(N(c4ccccc4)c4ccc(-c5c6ccccc6c(-c6ccc(-c7ccc8ccccc8c7)cc6)c6ccccc56)cc4)cc3)cc2)cc1. The molecule has 0 saturated heterocycles. The van der Waals surface area contributed by atoms with Crippen molar-refractivity contribution in [3.8, 4) is 100 Å². The smallest absolute Gasteiger partial charge is 0.0462 e. The van der Waals surface area contributed by atoms with Gasteiger partial charge in [-0.2, -0.15) is 0 Å². The molecule has 4 heteroatoms. The first-order valence-electron chi connectivity index (χ1n) is 48.7. The van der Waals surface area contributed by atoms with E-state index in [0.29, 0.717) is 0 Å². The van der Waals surface area contributed by atoms with Crippen molar-refractivity contribution in [3.05, 3.63) is 582 Å². The van der Waals surface area contributed by atoms with E-state index in [0.717, 1.165) is 79.4 Å². The third-order valence-electron chi connectivity index (χ3n) is 27.7. The zero-order valence-corrected chi connectivity index (χ0v) is 78.2. The summed E-state index contributed by atoms with van der Waals surface area (Å²) in [6, 6.07) is 211. The van der Waals surface area contributed by atoms with Crippen molar-refractivity contribution in [1.29, 1.82) is 0 Å². The average molecular weight is 1810 g/mol. The highest BCUT2D eigenvalue weighted by atomic mass is 15.2. The maximum Gasteiger partial charge on any atom is 0.0462 e. The molecule has 0 saturated carbocycles. The van der Waals surface area contributed by atoms with E-state index in [-0.39, 0.29) is 0 Å². The molecule has 0 aliphatic carbocycles. The Hall–Kier alpha value is -18.7. The topological polar surface area (TPSA) is 13.0 Å². The molecule has 142 heavy (non-hydrogen) atoms. The van der Waals surface area contributed by atoms with Gasteiger partial charge in [-0.3, -0.25) is 0 Å². The maximum atomic E-state index is 2.34. The largest absolute Gasteiger partial charge is 0.311 e. The summed E-state index contributed by atoms with van der Waals surface area (Å²) in [6.45, 7) is 0.